The summed E-state index contributed by atoms with van der Waals surface area (Å²) in [6, 6.07) is 0. The van der Waals surface area contributed by atoms with E-state index in [1.807, 2.05) is 0 Å². The van der Waals surface area contributed by atoms with Crippen molar-refractivity contribution in [1.82, 2.24) is 5.32 Å². The second-order valence-corrected chi connectivity index (χ2v) is 4.85. The molecule has 0 spiro atoms. The number of nitrogens with one attached hydrogen (secondary N) is 1. The minimum atomic E-state index is -2.53. The first-order chi connectivity index (χ1) is 6.46. The second kappa shape index (κ2) is 4.15. The molecular formula is C10H18ClF2NO. The molecule has 15 heavy (non-hydrogen) atoms. The number of halogens is 3. The third-order valence-electron chi connectivity index (χ3n) is 3.60. The van der Waals surface area contributed by atoms with Crippen LogP contribution in [0.1, 0.15) is 20.3 Å². The van der Waals surface area contributed by atoms with Crippen molar-refractivity contribution < 1.29 is 13.5 Å². The minimum Gasteiger partial charge on any atom is -0.376 e. The van der Waals surface area contributed by atoms with Crippen molar-refractivity contribution in [3.63, 3.8) is 0 Å². The predicted molar refractivity (Wildman–Crippen MR) is 56.7 cm³/mol. The molecule has 1 saturated heterocycles. The van der Waals surface area contributed by atoms with Crippen LogP contribution in [0.3, 0.4) is 0 Å². The molecule has 1 N–H and O–H groups in total. The number of hydrogen-bond acceptors (Lipinski definition) is 2. The van der Waals surface area contributed by atoms with Crippen LogP contribution < -0.4 is 5.32 Å². The van der Waals surface area contributed by atoms with Crippen molar-refractivity contribution >= 4 is 12.4 Å². The summed E-state index contributed by atoms with van der Waals surface area (Å²) in [6.07, 6.45) is 1.08. The van der Waals surface area contributed by atoms with Crippen molar-refractivity contribution in [2.75, 3.05) is 19.7 Å². The maximum atomic E-state index is 13.2. The van der Waals surface area contributed by atoms with Gasteiger partial charge in [0.1, 0.15) is 0 Å². The van der Waals surface area contributed by atoms with E-state index in [-0.39, 0.29) is 25.1 Å². The van der Waals surface area contributed by atoms with Crippen LogP contribution in [0.25, 0.3) is 0 Å². The molecule has 0 amide bonds. The molecule has 0 aromatic heterocycles. The normalized spacial score (nSPS) is 36.0. The largest absolute Gasteiger partial charge is 0.376 e. The Bertz CT molecular complexity index is 215. The second-order valence-electron chi connectivity index (χ2n) is 4.85. The zero-order valence-electron chi connectivity index (χ0n) is 9.06. The molecule has 5 heteroatoms. The first-order valence-corrected chi connectivity index (χ1v) is 5.16. The van der Waals surface area contributed by atoms with Gasteiger partial charge in [0.15, 0.2) is 0 Å². The highest BCUT2D eigenvalue weighted by molar-refractivity contribution is 5.85. The van der Waals surface area contributed by atoms with Crippen molar-refractivity contribution in [1.29, 1.82) is 0 Å². The Hall–Kier alpha value is 0.0700. The molecule has 1 saturated carbocycles. The molecule has 0 bridgehead atoms. The lowest BCUT2D eigenvalue weighted by molar-refractivity contribution is 0.0215. The van der Waals surface area contributed by atoms with E-state index in [0.717, 1.165) is 19.5 Å². The summed E-state index contributed by atoms with van der Waals surface area (Å²) >= 11 is 0. The van der Waals surface area contributed by atoms with Crippen LogP contribution >= 0.6 is 12.4 Å². The van der Waals surface area contributed by atoms with Gasteiger partial charge in [-0.2, -0.15) is 0 Å². The van der Waals surface area contributed by atoms with E-state index in [2.05, 4.69) is 5.32 Å². The molecule has 1 heterocycles. The molecule has 2 fully saturated rings. The Balaban J connectivity index is 0.00000112. The van der Waals surface area contributed by atoms with Gasteiger partial charge in [-0.25, -0.2) is 8.78 Å². The number of alkyl halides is 2. The lowest BCUT2D eigenvalue weighted by Gasteiger charge is -2.09. The third-order valence-corrected chi connectivity index (χ3v) is 3.60. The molecule has 2 aliphatic rings. The van der Waals surface area contributed by atoms with Gasteiger partial charge in [-0.05, 0) is 13.0 Å². The molecule has 2 atom stereocenters. The maximum Gasteiger partial charge on any atom is 0.259 e. The average Bonchev–Trinajstić information content (AvgIpc) is 2.54. The van der Waals surface area contributed by atoms with Crippen LogP contribution in [0.2, 0.25) is 0 Å². The fourth-order valence-corrected chi connectivity index (χ4v) is 2.07. The van der Waals surface area contributed by atoms with Crippen molar-refractivity contribution in [2.45, 2.75) is 32.3 Å². The SMILES string of the molecule is CC1(C)C(COC2CCNC2)C1(F)F.Cl. The summed E-state index contributed by atoms with van der Waals surface area (Å²) in [5.74, 6) is -3.12. The van der Waals surface area contributed by atoms with E-state index < -0.39 is 17.3 Å². The Morgan fingerprint density at radius 1 is 1.40 bits per heavy atom. The van der Waals surface area contributed by atoms with Gasteiger partial charge in [-0.1, -0.05) is 13.8 Å². The van der Waals surface area contributed by atoms with Crippen LogP contribution in [0, 0.1) is 11.3 Å². The summed E-state index contributed by atoms with van der Waals surface area (Å²) in [6.45, 7) is 5.15. The maximum absolute atomic E-state index is 13.2. The molecule has 2 unspecified atom stereocenters. The topological polar surface area (TPSA) is 21.3 Å². The summed E-state index contributed by atoms with van der Waals surface area (Å²) in [5, 5.41) is 3.15. The van der Waals surface area contributed by atoms with Crippen molar-refractivity contribution in [3.8, 4) is 0 Å². The summed E-state index contributed by atoms with van der Waals surface area (Å²) in [7, 11) is 0. The summed E-state index contributed by atoms with van der Waals surface area (Å²) in [4.78, 5) is 0. The van der Waals surface area contributed by atoms with Crippen LogP contribution in [-0.4, -0.2) is 31.7 Å². The zero-order chi connectivity index (χ0) is 10.4. The monoisotopic (exact) mass is 241 g/mol. The van der Waals surface area contributed by atoms with Gasteiger partial charge in [-0.15, -0.1) is 12.4 Å². The summed E-state index contributed by atoms with van der Waals surface area (Å²) in [5.41, 5.74) is -0.862. The van der Waals surface area contributed by atoms with E-state index in [1.54, 1.807) is 13.8 Å². The van der Waals surface area contributed by atoms with Gasteiger partial charge in [0.05, 0.1) is 18.6 Å². The van der Waals surface area contributed by atoms with E-state index in [4.69, 9.17) is 4.74 Å². The quantitative estimate of drug-likeness (QED) is 0.817. The Morgan fingerprint density at radius 2 is 2.00 bits per heavy atom. The van der Waals surface area contributed by atoms with Crippen LogP contribution in [0.5, 0.6) is 0 Å². The van der Waals surface area contributed by atoms with Gasteiger partial charge in [-0.3, -0.25) is 0 Å². The molecule has 1 aliphatic carbocycles. The lowest BCUT2D eigenvalue weighted by atomic mass is 10.1. The Labute approximate surface area is 95.2 Å². The van der Waals surface area contributed by atoms with E-state index >= 15 is 0 Å². The first kappa shape index (κ1) is 13.1. The van der Waals surface area contributed by atoms with Crippen LogP contribution in [-0.2, 0) is 4.74 Å². The van der Waals surface area contributed by atoms with Crippen molar-refractivity contribution in [2.24, 2.45) is 11.3 Å². The van der Waals surface area contributed by atoms with Gasteiger partial charge in [0.2, 0.25) is 0 Å². The van der Waals surface area contributed by atoms with Crippen LogP contribution in [0.15, 0.2) is 0 Å². The third kappa shape index (κ3) is 2.12. The van der Waals surface area contributed by atoms with Crippen LogP contribution in [0.4, 0.5) is 8.78 Å². The lowest BCUT2D eigenvalue weighted by Crippen LogP contribution is -2.19. The van der Waals surface area contributed by atoms with Gasteiger partial charge >= 0.3 is 0 Å². The fraction of sp³-hybridized carbons (Fsp3) is 1.00. The average molecular weight is 242 g/mol. The Morgan fingerprint density at radius 3 is 2.40 bits per heavy atom. The highest BCUT2D eigenvalue weighted by Crippen LogP contribution is 2.65. The van der Waals surface area contributed by atoms with E-state index in [9.17, 15) is 8.78 Å². The fourth-order valence-electron chi connectivity index (χ4n) is 2.07. The van der Waals surface area contributed by atoms with Gasteiger partial charge in [0, 0.05) is 12.0 Å². The Kier molecular flexibility index (Phi) is 3.63. The molecule has 0 aromatic carbocycles. The zero-order valence-corrected chi connectivity index (χ0v) is 9.87. The number of ether oxygens (including phenoxy) is 1. The van der Waals surface area contributed by atoms with Crippen molar-refractivity contribution in [3.05, 3.63) is 0 Å². The van der Waals surface area contributed by atoms with E-state index in [1.165, 1.54) is 0 Å². The summed E-state index contributed by atoms with van der Waals surface area (Å²) < 4.78 is 31.8. The standard InChI is InChI=1S/C10H17F2NO.ClH/c1-9(2)8(10(9,11)12)6-14-7-3-4-13-5-7;/h7-8,13H,3-6H2,1-2H3;1H. The molecule has 0 radical (unpaired) electrons. The van der Waals surface area contributed by atoms with Gasteiger partial charge < -0.3 is 10.1 Å². The molecule has 2 rings (SSSR count). The molecular weight excluding hydrogens is 224 g/mol. The number of hydrogen-bond donors (Lipinski definition) is 1. The number of rotatable bonds is 3. The van der Waals surface area contributed by atoms with E-state index in [0.29, 0.717) is 0 Å². The molecule has 90 valence electrons. The highest BCUT2D eigenvalue weighted by atomic mass is 35.5. The predicted octanol–water partition coefficient (Wildman–Crippen LogP) is 2.08. The van der Waals surface area contributed by atoms with Gasteiger partial charge in [0.25, 0.3) is 5.92 Å². The minimum absolute atomic E-state index is 0. The smallest absolute Gasteiger partial charge is 0.259 e. The first-order valence-electron chi connectivity index (χ1n) is 5.16. The highest BCUT2D eigenvalue weighted by Gasteiger charge is 2.74. The molecule has 1 aliphatic heterocycles. The molecule has 2 nitrogen and oxygen atoms in total. The molecule has 0 aromatic rings.